The number of rotatable bonds is 5. The molecular formula is C17H26IN3O2. The molecule has 0 saturated carbocycles. The van der Waals surface area contributed by atoms with E-state index >= 15 is 0 Å². The number of fused-ring (bicyclic) bond motifs is 2. The van der Waals surface area contributed by atoms with Crippen LogP contribution < -0.4 is 15.4 Å². The van der Waals surface area contributed by atoms with Crippen molar-refractivity contribution in [1.29, 1.82) is 0 Å². The van der Waals surface area contributed by atoms with Gasteiger partial charge in [0.15, 0.2) is 5.96 Å². The topological polar surface area (TPSA) is 54.9 Å². The van der Waals surface area contributed by atoms with Gasteiger partial charge in [-0.2, -0.15) is 0 Å². The highest BCUT2D eigenvalue weighted by Crippen LogP contribution is 2.34. The summed E-state index contributed by atoms with van der Waals surface area (Å²) >= 11 is 0. The molecule has 2 aliphatic heterocycles. The average molecular weight is 431 g/mol. The third-order valence-electron chi connectivity index (χ3n) is 4.37. The minimum Gasteiger partial charge on any atom is -0.496 e. The first kappa shape index (κ1) is 18.3. The largest absolute Gasteiger partial charge is 0.496 e. The van der Waals surface area contributed by atoms with Gasteiger partial charge in [-0.05, 0) is 32.3 Å². The highest BCUT2D eigenvalue weighted by molar-refractivity contribution is 14.0. The lowest BCUT2D eigenvalue weighted by atomic mass is 9.96. The summed E-state index contributed by atoms with van der Waals surface area (Å²) in [5.41, 5.74) is 1.09. The Morgan fingerprint density at radius 3 is 2.83 bits per heavy atom. The number of nitrogens with one attached hydrogen (secondary N) is 2. The molecule has 3 unspecified atom stereocenters. The van der Waals surface area contributed by atoms with Crippen molar-refractivity contribution in [3.05, 3.63) is 29.8 Å². The molecule has 3 atom stereocenters. The number of aliphatic imine (C=N–C) groups is 1. The first-order chi connectivity index (χ1) is 10.8. The molecule has 2 bridgehead atoms. The maximum atomic E-state index is 5.90. The van der Waals surface area contributed by atoms with E-state index in [1.54, 1.807) is 7.11 Å². The minimum absolute atomic E-state index is 0. The zero-order valence-electron chi connectivity index (χ0n) is 13.7. The second-order valence-electron chi connectivity index (χ2n) is 5.87. The monoisotopic (exact) mass is 431 g/mol. The van der Waals surface area contributed by atoms with Gasteiger partial charge in [0.05, 0.1) is 31.9 Å². The highest BCUT2D eigenvalue weighted by atomic mass is 127. The average Bonchev–Trinajstić information content (AvgIpc) is 3.16. The van der Waals surface area contributed by atoms with Crippen LogP contribution in [0.25, 0.3) is 0 Å². The van der Waals surface area contributed by atoms with E-state index in [1.807, 2.05) is 24.3 Å². The molecule has 0 radical (unpaired) electrons. The Kier molecular flexibility index (Phi) is 6.95. The Balaban J connectivity index is 0.00000192. The zero-order chi connectivity index (χ0) is 15.4. The molecule has 2 aliphatic rings. The van der Waals surface area contributed by atoms with Crippen LogP contribution in [-0.4, -0.2) is 37.9 Å². The number of guanidine groups is 1. The molecule has 0 spiro atoms. The number of para-hydroxylation sites is 1. The lowest BCUT2D eigenvalue weighted by molar-refractivity contribution is 0.0992. The van der Waals surface area contributed by atoms with Gasteiger partial charge in [0.1, 0.15) is 5.75 Å². The first-order valence-electron chi connectivity index (χ1n) is 8.12. The van der Waals surface area contributed by atoms with Gasteiger partial charge in [-0.3, -0.25) is 0 Å². The number of halogens is 1. The molecule has 0 aromatic heterocycles. The van der Waals surface area contributed by atoms with Crippen LogP contribution in [0.2, 0.25) is 0 Å². The number of hydrogen-bond donors (Lipinski definition) is 2. The molecule has 2 saturated heterocycles. The lowest BCUT2D eigenvalue weighted by Gasteiger charge is -2.22. The second-order valence-corrected chi connectivity index (χ2v) is 5.87. The number of benzene rings is 1. The van der Waals surface area contributed by atoms with E-state index in [0.717, 1.165) is 36.7 Å². The fourth-order valence-electron chi connectivity index (χ4n) is 3.28. The molecule has 23 heavy (non-hydrogen) atoms. The number of nitrogens with zero attached hydrogens (tertiary/aromatic N) is 1. The van der Waals surface area contributed by atoms with Gasteiger partial charge in [0.2, 0.25) is 0 Å². The molecule has 1 aromatic carbocycles. The summed E-state index contributed by atoms with van der Waals surface area (Å²) in [5.74, 6) is 1.74. The Morgan fingerprint density at radius 2 is 2.17 bits per heavy atom. The van der Waals surface area contributed by atoms with Crippen LogP contribution >= 0.6 is 24.0 Å². The molecular weight excluding hydrogens is 405 g/mol. The Morgan fingerprint density at radius 1 is 1.35 bits per heavy atom. The summed E-state index contributed by atoms with van der Waals surface area (Å²) in [7, 11) is 1.69. The van der Waals surface area contributed by atoms with E-state index in [9.17, 15) is 0 Å². The van der Waals surface area contributed by atoms with Gasteiger partial charge in [0, 0.05) is 12.1 Å². The number of methoxy groups -OCH3 is 1. The van der Waals surface area contributed by atoms with Crippen LogP contribution in [0.1, 0.15) is 31.7 Å². The standard InChI is InChI=1S/C17H25N3O2.HI/c1-3-18-17(20-14-10-13-8-9-16(14)22-13)19-11-12-6-4-5-7-15(12)21-2;/h4-7,13-14,16H,3,8-11H2,1-2H3,(H2,18,19,20);1H. The van der Waals surface area contributed by atoms with Crippen molar-refractivity contribution < 1.29 is 9.47 Å². The second kappa shape index (κ2) is 8.73. The Hall–Kier alpha value is -1.02. The molecule has 6 heteroatoms. The summed E-state index contributed by atoms with van der Waals surface area (Å²) < 4.78 is 11.3. The summed E-state index contributed by atoms with van der Waals surface area (Å²) in [6.07, 6.45) is 4.25. The van der Waals surface area contributed by atoms with Gasteiger partial charge >= 0.3 is 0 Å². The van der Waals surface area contributed by atoms with E-state index in [4.69, 9.17) is 14.5 Å². The van der Waals surface area contributed by atoms with Crippen LogP contribution in [0.3, 0.4) is 0 Å². The van der Waals surface area contributed by atoms with E-state index in [-0.39, 0.29) is 24.0 Å². The van der Waals surface area contributed by atoms with Crippen molar-refractivity contribution in [3.63, 3.8) is 0 Å². The van der Waals surface area contributed by atoms with Gasteiger partial charge in [-0.25, -0.2) is 4.99 Å². The SMILES string of the molecule is CCNC(=NCc1ccccc1OC)NC1CC2CCC1O2.I. The molecule has 2 heterocycles. The molecule has 3 rings (SSSR count). The van der Waals surface area contributed by atoms with Crippen molar-refractivity contribution in [2.75, 3.05) is 13.7 Å². The van der Waals surface area contributed by atoms with Crippen molar-refractivity contribution >= 4 is 29.9 Å². The molecule has 0 amide bonds. The summed E-state index contributed by atoms with van der Waals surface area (Å²) in [6.45, 7) is 3.53. The van der Waals surface area contributed by atoms with Gasteiger partial charge in [0.25, 0.3) is 0 Å². The first-order valence-corrected chi connectivity index (χ1v) is 8.12. The van der Waals surface area contributed by atoms with Crippen LogP contribution in [0.15, 0.2) is 29.3 Å². The molecule has 2 fully saturated rings. The van der Waals surface area contributed by atoms with Crippen molar-refractivity contribution in [3.8, 4) is 5.75 Å². The minimum atomic E-state index is 0. The highest BCUT2D eigenvalue weighted by Gasteiger charge is 2.41. The van der Waals surface area contributed by atoms with Gasteiger partial charge in [-0.15, -0.1) is 24.0 Å². The summed E-state index contributed by atoms with van der Waals surface area (Å²) in [6, 6.07) is 8.38. The predicted molar refractivity (Wildman–Crippen MR) is 103 cm³/mol. The predicted octanol–water partition coefficient (Wildman–Crippen LogP) is 2.69. The molecule has 1 aromatic rings. The van der Waals surface area contributed by atoms with Gasteiger partial charge in [-0.1, -0.05) is 18.2 Å². The zero-order valence-corrected chi connectivity index (χ0v) is 16.1. The van der Waals surface area contributed by atoms with Crippen molar-refractivity contribution in [2.24, 2.45) is 4.99 Å². The number of hydrogen-bond acceptors (Lipinski definition) is 3. The maximum absolute atomic E-state index is 5.90. The van der Waals surface area contributed by atoms with Crippen LogP contribution in [0.4, 0.5) is 0 Å². The molecule has 5 nitrogen and oxygen atoms in total. The van der Waals surface area contributed by atoms with E-state index in [1.165, 1.54) is 6.42 Å². The van der Waals surface area contributed by atoms with Crippen molar-refractivity contribution in [2.45, 2.75) is 51.0 Å². The number of ether oxygens (including phenoxy) is 2. The Labute approximate surface area is 155 Å². The van der Waals surface area contributed by atoms with Crippen LogP contribution in [0, 0.1) is 0 Å². The van der Waals surface area contributed by atoms with Crippen molar-refractivity contribution in [1.82, 2.24) is 10.6 Å². The Bertz CT molecular complexity index is 538. The van der Waals surface area contributed by atoms with E-state index in [2.05, 4.69) is 17.6 Å². The smallest absolute Gasteiger partial charge is 0.191 e. The summed E-state index contributed by atoms with van der Waals surface area (Å²) in [4.78, 5) is 4.70. The normalized spacial score (nSPS) is 25.8. The third-order valence-corrected chi connectivity index (χ3v) is 4.37. The van der Waals surface area contributed by atoms with E-state index in [0.29, 0.717) is 24.8 Å². The molecule has 0 aliphatic carbocycles. The van der Waals surface area contributed by atoms with Crippen LogP contribution in [0.5, 0.6) is 5.75 Å². The summed E-state index contributed by atoms with van der Waals surface area (Å²) in [5, 5.41) is 6.85. The molecule has 2 N–H and O–H groups in total. The fraction of sp³-hybridized carbons (Fsp3) is 0.588. The fourth-order valence-corrected chi connectivity index (χ4v) is 3.28. The lowest BCUT2D eigenvalue weighted by Crippen LogP contribution is -2.47. The van der Waals surface area contributed by atoms with Gasteiger partial charge < -0.3 is 20.1 Å². The quantitative estimate of drug-likeness (QED) is 0.428. The van der Waals surface area contributed by atoms with Crippen LogP contribution in [-0.2, 0) is 11.3 Å². The van der Waals surface area contributed by atoms with E-state index < -0.39 is 0 Å². The third kappa shape index (κ3) is 4.50. The maximum Gasteiger partial charge on any atom is 0.191 e. The molecule has 128 valence electrons.